The minimum absolute atomic E-state index is 0.207. The predicted octanol–water partition coefficient (Wildman–Crippen LogP) is 1.67. The van der Waals surface area contributed by atoms with Gasteiger partial charge in [-0.05, 0) is 23.9 Å². The number of nitrogens with zero attached hydrogens (tertiary/aromatic N) is 3. The molecule has 1 rings (SSSR count). The van der Waals surface area contributed by atoms with E-state index in [4.69, 9.17) is 5.11 Å². The molecule has 106 valence electrons. The van der Waals surface area contributed by atoms with Gasteiger partial charge in [0.05, 0.1) is 5.69 Å². The number of hydrogen-bond donors (Lipinski definition) is 1. The molecule has 0 fully saturated rings. The highest BCUT2D eigenvalue weighted by molar-refractivity contribution is 7.08. The van der Waals surface area contributed by atoms with Gasteiger partial charge in [-0.3, -0.25) is 9.59 Å². The highest BCUT2D eigenvalue weighted by Crippen LogP contribution is 2.16. The van der Waals surface area contributed by atoms with Gasteiger partial charge in [0.25, 0.3) is 5.91 Å². The Labute approximate surface area is 116 Å². The Kier molecular flexibility index (Phi) is 5.88. The molecule has 1 aromatic rings. The molecule has 0 aliphatic carbocycles. The summed E-state index contributed by atoms with van der Waals surface area (Å²) in [7, 11) is 0. The van der Waals surface area contributed by atoms with Gasteiger partial charge in [0.15, 0.2) is 0 Å². The van der Waals surface area contributed by atoms with Crippen LogP contribution in [0, 0.1) is 5.92 Å². The number of rotatable bonds is 7. The fourth-order valence-corrected chi connectivity index (χ4v) is 2.41. The Bertz CT molecular complexity index is 445. The molecule has 0 saturated heterocycles. The summed E-state index contributed by atoms with van der Waals surface area (Å²) < 4.78 is 3.80. The summed E-state index contributed by atoms with van der Waals surface area (Å²) in [5, 5.41) is 12.8. The molecule has 0 atom stereocenters. The van der Waals surface area contributed by atoms with Gasteiger partial charge in [-0.1, -0.05) is 31.7 Å². The maximum absolute atomic E-state index is 12.4. The summed E-state index contributed by atoms with van der Waals surface area (Å²) in [4.78, 5) is 25.0. The Morgan fingerprint density at radius 3 is 2.63 bits per heavy atom. The van der Waals surface area contributed by atoms with E-state index in [1.807, 2.05) is 20.8 Å². The van der Waals surface area contributed by atoms with Crippen LogP contribution in [0.3, 0.4) is 0 Å². The number of carboxylic acid groups (broad SMARTS) is 1. The SMILES string of the molecule is CCCc1nnsc1C(=O)N(CC(=O)O)CC(C)C. The minimum atomic E-state index is -1.01. The Morgan fingerprint density at radius 1 is 1.42 bits per heavy atom. The van der Waals surface area contributed by atoms with Crippen molar-refractivity contribution < 1.29 is 14.7 Å². The highest BCUT2D eigenvalue weighted by Gasteiger charge is 2.24. The number of amides is 1. The summed E-state index contributed by atoms with van der Waals surface area (Å²) in [6, 6.07) is 0. The van der Waals surface area contributed by atoms with E-state index in [2.05, 4.69) is 9.59 Å². The molecule has 0 saturated carbocycles. The topological polar surface area (TPSA) is 83.4 Å². The van der Waals surface area contributed by atoms with Gasteiger partial charge in [-0.2, -0.15) is 0 Å². The Hall–Kier alpha value is -1.50. The average Bonchev–Trinajstić information content (AvgIpc) is 2.74. The van der Waals surface area contributed by atoms with E-state index >= 15 is 0 Å². The molecule has 1 heterocycles. The molecule has 7 heteroatoms. The van der Waals surface area contributed by atoms with Crippen molar-refractivity contribution >= 4 is 23.4 Å². The van der Waals surface area contributed by atoms with Gasteiger partial charge in [-0.15, -0.1) is 5.10 Å². The molecule has 0 aromatic carbocycles. The van der Waals surface area contributed by atoms with Gasteiger partial charge in [0.2, 0.25) is 0 Å². The molecule has 6 nitrogen and oxygen atoms in total. The maximum atomic E-state index is 12.4. The first kappa shape index (κ1) is 15.6. The summed E-state index contributed by atoms with van der Waals surface area (Å²) in [6.45, 7) is 6.01. The molecule has 1 aromatic heterocycles. The lowest BCUT2D eigenvalue weighted by molar-refractivity contribution is -0.137. The van der Waals surface area contributed by atoms with Crippen molar-refractivity contribution in [1.82, 2.24) is 14.5 Å². The highest BCUT2D eigenvalue weighted by atomic mass is 32.1. The molecule has 0 aliphatic rings. The lowest BCUT2D eigenvalue weighted by Gasteiger charge is -2.22. The van der Waals surface area contributed by atoms with E-state index in [0.717, 1.165) is 18.0 Å². The average molecular weight is 285 g/mol. The smallest absolute Gasteiger partial charge is 0.323 e. The number of carbonyl (C=O) groups excluding carboxylic acids is 1. The third-order valence-electron chi connectivity index (χ3n) is 2.44. The molecule has 0 aliphatic heterocycles. The number of aliphatic carboxylic acids is 1. The Morgan fingerprint density at radius 2 is 2.11 bits per heavy atom. The summed E-state index contributed by atoms with van der Waals surface area (Å²) in [6.07, 6.45) is 1.55. The number of hydrogen-bond acceptors (Lipinski definition) is 5. The van der Waals surface area contributed by atoms with Crippen molar-refractivity contribution in [2.75, 3.05) is 13.1 Å². The van der Waals surface area contributed by atoms with Crippen LogP contribution in [0.5, 0.6) is 0 Å². The van der Waals surface area contributed by atoms with E-state index in [9.17, 15) is 9.59 Å². The zero-order chi connectivity index (χ0) is 14.4. The fourth-order valence-electron chi connectivity index (χ4n) is 1.74. The number of carboxylic acids is 1. The molecular formula is C12H19N3O3S. The van der Waals surface area contributed by atoms with Crippen molar-refractivity contribution in [3.63, 3.8) is 0 Å². The fraction of sp³-hybridized carbons (Fsp3) is 0.667. The molecule has 0 radical (unpaired) electrons. The van der Waals surface area contributed by atoms with Crippen molar-refractivity contribution in [2.45, 2.75) is 33.6 Å². The molecule has 0 unspecified atom stereocenters. The molecule has 19 heavy (non-hydrogen) atoms. The van der Waals surface area contributed by atoms with Crippen LogP contribution >= 0.6 is 11.5 Å². The van der Waals surface area contributed by atoms with Crippen LogP contribution in [0.25, 0.3) is 0 Å². The molecule has 0 spiro atoms. The van der Waals surface area contributed by atoms with E-state index < -0.39 is 5.97 Å². The Balaban J connectivity index is 2.91. The maximum Gasteiger partial charge on any atom is 0.323 e. The molecule has 1 N–H and O–H groups in total. The van der Waals surface area contributed by atoms with Crippen LogP contribution < -0.4 is 0 Å². The van der Waals surface area contributed by atoms with Crippen LogP contribution in [-0.2, 0) is 11.2 Å². The lowest BCUT2D eigenvalue weighted by atomic mass is 10.2. The standard InChI is InChI=1S/C12H19N3O3S/c1-4-5-9-11(19-14-13-9)12(18)15(6-8(2)3)7-10(16)17/h8H,4-7H2,1-3H3,(H,16,17). The lowest BCUT2D eigenvalue weighted by Crippen LogP contribution is -2.38. The van der Waals surface area contributed by atoms with Crippen LogP contribution in [0.2, 0.25) is 0 Å². The van der Waals surface area contributed by atoms with Crippen LogP contribution in [0.1, 0.15) is 42.6 Å². The quantitative estimate of drug-likeness (QED) is 0.824. The minimum Gasteiger partial charge on any atom is -0.480 e. The summed E-state index contributed by atoms with van der Waals surface area (Å²) >= 11 is 1.03. The first-order valence-electron chi connectivity index (χ1n) is 6.28. The summed E-state index contributed by atoms with van der Waals surface area (Å²) in [5.41, 5.74) is 0.664. The van der Waals surface area contributed by atoms with Gasteiger partial charge >= 0.3 is 5.97 Å². The zero-order valence-corrected chi connectivity index (χ0v) is 12.2. The first-order chi connectivity index (χ1) is 8.95. The van der Waals surface area contributed by atoms with Gasteiger partial charge < -0.3 is 10.0 Å². The number of aromatic nitrogens is 2. The molecule has 1 amide bonds. The van der Waals surface area contributed by atoms with Crippen molar-refractivity contribution in [3.05, 3.63) is 10.6 Å². The van der Waals surface area contributed by atoms with Crippen LogP contribution in [0.4, 0.5) is 0 Å². The van der Waals surface area contributed by atoms with Crippen LogP contribution in [-0.4, -0.2) is 44.6 Å². The van der Waals surface area contributed by atoms with E-state index in [1.54, 1.807) is 0 Å². The largest absolute Gasteiger partial charge is 0.480 e. The van der Waals surface area contributed by atoms with Crippen molar-refractivity contribution in [3.8, 4) is 0 Å². The molecular weight excluding hydrogens is 266 g/mol. The third kappa shape index (κ3) is 4.59. The summed E-state index contributed by atoms with van der Waals surface area (Å²) in [5.74, 6) is -1.09. The normalized spacial score (nSPS) is 10.7. The monoisotopic (exact) mass is 285 g/mol. The second-order valence-electron chi connectivity index (χ2n) is 4.77. The third-order valence-corrected chi connectivity index (χ3v) is 3.19. The first-order valence-corrected chi connectivity index (χ1v) is 7.05. The van der Waals surface area contributed by atoms with Crippen LogP contribution in [0.15, 0.2) is 0 Å². The van der Waals surface area contributed by atoms with E-state index in [0.29, 0.717) is 23.5 Å². The second kappa shape index (κ2) is 7.18. The predicted molar refractivity (Wildman–Crippen MR) is 72.3 cm³/mol. The number of carbonyl (C=O) groups is 2. The zero-order valence-electron chi connectivity index (χ0n) is 11.4. The van der Waals surface area contributed by atoms with Gasteiger partial charge in [-0.25, -0.2) is 0 Å². The van der Waals surface area contributed by atoms with Gasteiger partial charge in [0, 0.05) is 6.54 Å². The van der Waals surface area contributed by atoms with Crippen molar-refractivity contribution in [2.24, 2.45) is 5.92 Å². The van der Waals surface area contributed by atoms with Crippen molar-refractivity contribution in [1.29, 1.82) is 0 Å². The van der Waals surface area contributed by atoms with E-state index in [1.165, 1.54) is 4.90 Å². The van der Waals surface area contributed by atoms with Gasteiger partial charge in [0.1, 0.15) is 11.4 Å². The van der Waals surface area contributed by atoms with E-state index in [-0.39, 0.29) is 18.4 Å². The molecule has 0 bridgehead atoms. The second-order valence-corrected chi connectivity index (χ2v) is 5.53. The number of aryl methyl sites for hydroxylation is 1.